The second-order valence-electron chi connectivity index (χ2n) is 8.30. The van der Waals surface area contributed by atoms with Crippen molar-refractivity contribution in [2.45, 2.75) is 84.8 Å². The summed E-state index contributed by atoms with van der Waals surface area (Å²) in [5.41, 5.74) is -0.639. The van der Waals surface area contributed by atoms with Crippen LogP contribution >= 0.6 is 0 Å². The van der Waals surface area contributed by atoms with Crippen LogP contribution in [0.15, 0.2) is 6.20 Å². The molecule has 0 aromatic carbocycles. The molecule has 0 unspecified atom stereocenters. The van der Waals surface area contributed by atoms with Gasteiger partial charge < -0.3 is 9.47 Å². The molecule has 1 aromatic rings. The van der Waals surface area contributed by atoms with Gasteiger partial charge in [-0.15, -0.1) is 12.3 Å². The van der Waals surface area contributed by atoms with Gasteiger partial charge >= 0.3 is 12.2 Å². The molecule has 1 rings (SSSR count). The first-order chi connectivity index (χ1) is 12.4. The molecule has 0 saturated heterocycles. The summed E-state index contributed by atoms with van der Waals surface area (Å²) in [5.74, 6) is 2.69. The van der Waals surface area contributed by atoms with Crippen LogP contribution in [-0.2, 0) is 15.9 Å². The third-order valence-corrected chi connectivity index (χ3v) is 3.21. The number of carbonyl (C=O) groups excluding carboxylic acids is 2. The number of hydrogen-bond acceptors (Lipinski definition) is 5. The Balaban J connectivity index is 2.91. The molecule has 0 spiro atoms. The van der Waals surface area contributed by atoms with Gasteiger partial charge in [0.25, 0.3) is 0 Å². The summed E-state index contributed by atoms with van der Waals surface area (Å²) in [6.07, 6.45) is 9.77. The van der Waals surface area contributed by atoms with E-state index in [1.165, 1.54) is 4.57 Å². The van der Waals surface area contributed by atoms with Crippen LogP contribution < -0.4 is 5.32 Å². The van der Waals surface area contributed by atoms with Gasteiger partial charge in [-0.2, -0.15) is 0 Å². The summed E-state index contributed by atoms with van der Waals surface area (Å²) in [6.45, 7) is 10.6. The van der Waals surface area contributed by atoms with Crippen molar-refractivity contribution >= 4 is 18.1 Å². The molecule has 0 aliphatic rings. The molecular formula is C20H31N3O4. The molecule has 7 heteroatoms. The van der Waals surface area contributed by atoms with Crippen LogP contribution in [0, 0.1) is 12.3 Å². The van der Waals surface area contributed by atoms with Crippen molar-refractivity contribution in [2.75, 3.05) is 5.32 Å². The lowest BCUT2D eigenvalue weighted by Crippen LogP contribution is -2.30. The van der Waals surface area contributed by atoms with Crippen LogP contribution in [-0.4, -0.2) is 32.9 Å². The molecule has 0 atom stereocenters. The zero-order chi connectivity index (χ0) is 20.7. The van der Waals surface area contributed by atoms with E-state index in [-0.39, 0.29) is 5.95 Å². The van der Waals surface area contributed by atoms with Gasteiger partial charge in [0, 0.05) is 12.6 Å². The van der Waals surface area contributed by atoms with E-state index in [1.54, 1.807) is 47.7 Å². The van der Waals surface area contributed by atoms with E-state index in [0.29, 0.717) is 12.1 Å². The molecule has 0 radical (unpaired) electrons. The monoisotopic (exact) mass is 377 g/mol. The first-order valence-corrected chi connectivity index (χ1v) is 9.16. The minimum absolute atomic E-state index is 0.0807. The Labute approximate surface area is 161 Å². The highest BCUT2D eigenvalue weighted by atomic mass is 16.6. The number of carbonyl (C=O) groups is 2. The summed E-state index contributed by atoms with van der Waals surface area (Å²) in [7, 11) is 0. The Hall–Kier alpha value is -2.49. The van der Waals surface area contributed by atoms with E-state index in [4.69, 9.17) is 15.9 Å². The summed E-state index contributed by atoms with van der Waals surface area (Å²) < 4.78 is 11.8. The Morgan fingerprint density at radius 1 is 1.11 bits per heavy atom. The number of nitrogens with one attached hydrogen (secondary N) is 1. The molecule has 150 valence electrons. The number of ether oxygens (including phenoxy) is 2. The average Bonchev–Trinajstić information content (AvgIpc) is 2.86. The number of nitrogens with zero attached hydrogens (tertiary/aromatic N) is 2. The number of aryl methyl sites for hydroxylation is 1. The first-order valence-electron chi connectivity index (χ1n) is 9.16. The zero-order valence-corrected chi connectivity index (χ0v) is 17.2. The predicted octanol–water partition coefficient (Wildman–Crippen LogP) is 4.75. The smallest absolute Gasteiger partial charge is 0.421 e. The SMILES string of the molecule is C#CCCCCCc1cn(C(=O)OC(C)(C)C)c(NC(=O)OC(C)(C)C)n1. The van der Waals surface area contributed by atoms with Crippen molar-refractivity contribution < 1.29 is 19.1 Å². The Morgan fingerprint density at radius 3 is 2.30 bits per heavy atom. The maximum atomic E-state index is 12.5. The number of aromatic nitrogens is 2. The van der Waals surface area contributed by atoms with Gasteiger partial charge in [-0.3, -0.25) is 5.32 Å². The minimum Gasteiger partial charge on any atom is -0.444 e. The Bertz CT molecular complexity index is 688. The number of amides is 1. The maximum absolute atomic E-state index is 12.5. The van der Waals surface area contributed by atoms with Crippen molar-refractivity contribution in [3.8, 4) is 12.3 Å². The summed E-state index contributed by atoms with van der Waals surface area (Å²) in [5, 5.41) is 2.53. The van der Waals surface area contributed by atoms with Gasteiger partial charge in [-0.1, -0.05) is 6.42 Å². The summed E-state index contributed by atoms with van der Waals surface area (Å²) in [4.78, 5) is 28.9. The second kappa shape index (κ2) is 9.45. The molecule has 1 heterocycles. The predicted molar refractivity (Wildman–Crippen MR) is 105 cm³/mol. The Kier molecular flexibility index (Phi) is 7.89. The summed E-state index contributed by atoms with van der Waals surface area (Å²) >= 11 is 0. The fourth-order valence-electron chi connectivity index (χ4n) is 2.19. The standard InChI is InChI=1S/C20H31N3O4/c1-8-9-10-11-12-13-15-14-23(18(25)27-20(5,6)7)16(21-15)22-17(24)26-19(2,3)4/h1,14H,9-13H2,2-7H3,(H,21,22,24). The van der Waals surface area contributed by atoms with Crippen LogP contribution in [0.2, 0.25) is 0 Å². The van der Waals surface area contributed by atoms with E-state index >= 15 is 0 Å². The number of imidazole rings is 1. The van der Waals surface area contributed by atoms with E-state index in [0.717, 1.165) is 25.7 Å². The topological polar surface area (TPSA) is 82.5 Å². The lowest BCUT2D eigenvalue weighted by molar-refractivity contribution is 0.0539. The molecule has 0 aliphatic carbocycles. The van der Waals surface area contributed by atoms with Crippen LogP contribution in [0.25, 0.3) is 0 Å². The molecule has 1 amide bonds. The van der Waals surface area contributed by atoms with Gasteiger partial charge in [-0.05, 0) is 60.8 Å². The largest absolute Gasteiger partial charge is 0.444 e. The second-order valence-corrected chi connectivity index (χ2v) is 8.30. The number of unbranched alkanes of at least 4 members (excludes halogenated alkanes) is 3. The van der Waals surface area contributed by atoms with Crippen LogP contribution in [0.4, 0.5) is 15.5 Å². The molecule has 0 fully saturated rings. The van der Waals surface area contributed by atoms with Crippen LogP contribution in [0.1, 0.15) is 72.9 Å². The van der Waals surface area contributed by atoms with Crippen molar-refractivity contribution in [3.05, 3.63) is 11.9 Å². The number of anilines is 1. The molecular weight excluding hydrogens is 346 g/mol. The maximum Gasteiger partial charge on any atom is 0.421 e. The molecule has 0 aliphatic heterocycles. The normalized spacial score (nSPS) is 11.6. The number of rotatable bonds is 6. The van der Waals surface area contributed by atoms with Crippen LogP contribution in [0.5, 0.6) is 0 Å². The lowest BCUT2D eigenvalue weighted by Gasteiger charge is -2.21. The van der Waals surface area contributed by atoms with Crippen molar-refractivity contribution in [2.24, 2.45) is 0 Å². The van der Waals surface area contributed by atoms with Gasteiger partial charge in [-0.25, -0.2) is 19.1 Å². The lowest BCUT2D eigenvalue weighted by atomic mass is 10.1. The molecule has 0 saturated carbocycles. The number of terminal acetylenes is 1. The number of hydrogen-bond donors (Lipinski definition) is 1. The third-order valence-electron chi connectivity index (χ3n) is 3.21. The van der Waals surface area contributed by atoms with E-state index < -0.39 is 23.4 Å². The fourth-order valence-corrected chi connectivity index (χ4v) is 2.19. The van der Waals surface area contributed by atoms with Gasteiger partial charge in [0.2, 0.25) is 5.95 Å². The van der Waals surface area contributed by atoms with E-state index in [9.17, 15) is 9.59 Å². The van der Waals surface area contributed by atoms with E-state index in [2.05, 4.69) is 16.2 Å². The molecule has 7 nitrogen and oxygen atoms in total. The fraction of sp³-hybridized carbons (Fsp3) is 0.650. The zero-order valence-electron chi connectivity index (χ0n) is 17.2. The third kappa shape index (κ3) is 9.13. The van der Waals surface area contributed by atoms with Crippen molar-refractivity contribution in [1.82, 2.24) is 9.55 Å². The molecule has 0 bridgehead atoms. The molecule has 27 heavy (non-hydrogen) atoms. The highest BCUT2D eigenvalue weighted by molar-refractivity contribution is 5.86. The van der Waals surface area contributed by atoms with Gasteiger partial charge in [0.15, 0.2) is 0 Å². The van der Waals surface area contributed by atoms with Gasteiger partial charge in [0.1, 0.15) is 11.2 Å². The van der Waals surface area contributed by atoms with E-state index in [1.807, 2.05) is 0 Å². The van der Waals surface area contributed by atoms with Crippen LogP contribution in [0.3, 0.4) is 0 Å². The average molecular weight is 377 g/mol. The van der Waals surface area contributed by atoms with Crippen molar-refractivity contribution in [3.63, 3.8) is 0 Å². The molecule has 1 aromatic heterocycles. The first kappa shape index (κ1) is 22.6. The minimum atomic E-state index is -0.682. The summed E-state index contributed by atoms with van der Waals surface area (Å²) in [6, 6.07) is 0. The highest BCUT2D eigenvalue weighted by Gasteiger charge is 2.24. The Morgan fingerprint density at radius 2 is 1.74 bits per heavy atom. The highest BCUT2D eigenvalue weighted by Crippen LogP contribution is 2.17. The quantitative estimate of drug-likeness (QED) is 0.571. The van der Waals surface area contributed by atoms with Crippen molar-refractivity contribution in [1.29, 1.82) is 0 Å². The molecule has 1 N–H and O–H groups in total. The van der Waals surface area contributed by atoms with Gasteiger partial charge in [0.05, 0.1) is 5.69 Å².